The first-order chi connectivity index (χ1) is 8.34. The summed E-state index contributed by atoms with van der Waals surface area (Å²) in [5, 5.41) is 13.2. The molecule has 0 saturated carbocycles. The Labute approximate surface area is 102 Å². The minimum atomic E-state index is -4.40. The predicted molar refractivity (Wildman–Crippen MR) is 60.3 cm³/mol. The molecular formula is C11H13F3N2O2. The molecule has 4 nitrogen and oxygen atoms in total. The van der Waals surface area contributed by atoms with Gasteiger partial charge in [-0.3, -0.25) is 0 Å². The Morgan fingerprint density at radius 3 is 2.56 bits per heavy atom. The number of halogens is 3. The number of urea groups is 1. The van der Waals surface area contributed by atoms with Crippen LogP contribution in [-0.2, 0) is 6.18 Å². The lowest BCUT2D eigenvalue weighted by atomic mass is 10.1. The van der Waals surface area contributed by atoms with E-state index in [0.29, 0.717) is 0 Å². The average molecular weight is 262 g/mol. The van der Waals surface area contributed by atoms with E-state index in [2.05, 4.69) is 10.6 Å². The number of amides is 2. The van der Waals surface area contributed by atoms with Crippen LogP contribution in [0.5, 0.6) is 0 Å². The molecule has 0 aliphatic heterocycles. The number of hydrogen-bond donors (Lipinski definition) is 3. The van der Waals surface area contributed by atoms with Gasteiger partial charge in [0.2, 0.25) is 0 Å². The number of alkyl halides is 3. The van der Waals surface area contributed by atoms with Crippen LogP contribution in [0.3, 0.4) is 0 Å². The van der Waals surface area contributed by atoms with Crippen LogP contribution in [0, 0.1) is 6.92 Å². The van der Waals surface area contributed by atoms with Crippen molar-refractivity contribution in [1.29, 1.82) is 0 Å². The Morgan fingerprint density at radius 2 is 2.06 bits per heavy atom. The van der Waals surface area contributed by atoms with Gasteiger partial charge in [-0.1, -0.05) is 0 Å². The predicted octanol–water partition coefficient (Wildman–Crippen LogP) is 2.13. The van der Waals surface area contributed by atoms with Crippen molar-refractivity contribution in [3.63, 3.8) is 0 Å². The van der Waals surface area contributed by atoms with E-state index in [0.717, 1.165) is 6.07 Å². The first-order valence-corrected chi connectivity index (χ1v) is 5.18. The molecule has 0 bridgehead atoms. The first-order valence-electron chi connectivity index (χ1n) is 5.18. The second-order valence-corrected chi connectivity index (χ2v) is 3.63. The van der Waals surface area contributed by atoms with Gasteiger partial charge in [-0.05, 0) is 30.7 Å². The standard InChI is InChI=1S/C11H13F3N2O2/c1-7-6-8(16-10(18)15-4-5-17)2-3-9(7)11(12,13)14/h2-3,6,17H,4-5H2,1H3,(H2,15,16,18). The number of carbonyl (C=O) groups excluding carboxylic acids is 1. The van der Waals surface area contributed by atoms with Crippen molar-refractivity contribution in [3.05, 3.63) is 29.3 Å². The molecule has 18 heavy (non-hydrogen) atoms. The normalized spacial score (nSPS) is 11.2. The van der Waals surface area contributed by atoms with Gasteiger partial charge in [0.05, 0.1) is 12.2 Å². The number of rotatable bonds is 3. The molecule has 0 aromatic heterocycles. The first kappa shape index (κ1) is 14.3. The summed E-state index contributed by atoms with van der Waals surface area (Å²) < 4.78 is 37.4. The molecule has 0 radical (unpaired) electrons. The summed E-state index contributed by atoms with van der Waals surface area (Å²) in [6.45, 7) is 1.19. The van der Waals surface area contributed by atoms with E-state index in [9.17, 15) is 18.0 Å². The van der Waals surface area contributed by atoms with Gasteiger partial charge in [0.25, 0.3) is 0 Å². The molecule has 0 fully saturated rings. The molecule has 0 saturated heterocycles. The van der Waals surface area contributed by atoms with Crippen LogP contribution in [0.1, 0.15) is 11.1 Å². The minimum Gasteiger partial charge on any atom is -0.395 e. The topological polar surface area (TPSA) is 61.4 Å². The van der Waals surface area contributed by atoms with Crippen LogP contribution >= 0.6 is 0 Å². The molecule has 0 spiro atoms. The maximum atomic E-state index is 12.5. The molecule has 1 aromatic rings. The van der Waals surface area contributed by atoms with Crippen molar-refractivity contribution in [2.45, 2.75) is 13.1 Å². The Balaban J connectivity index is 2.76. The lowest BCUT2D eigenvalue weighted by Gasteiger charge is -2.12. The van der Waals surface area contributed by atoms with Crippen LogP contribution in [0.4, 0.5) is 23.7 Å². The number of nitrogens with one attached hydrogen (secondary N) is 2. The summed E-state index contributed by atoms with van der Waals surface area (Å²) in [7, 11) is 0. The average Bonchev–Trinajstić information content (AvgIpc) is 2.24. The van der Waals surface area contributed by atoms with Crippen molar-refractivity contribution < 1.29 is 23.1 Å². The van der Waals surface area contributed by atoms with Crippen LogP contribution in [0.2, 0.25) is 0 Å². The Morgan fingerprint density at radius 1 is 1.39 bits per heavy atom. The third kappa shape index (κ3) is 3.92. The lowest BCUT2D eigenvalue weighted by Crippen LogP contribution is -2.31. The lowest BCUT2D eigenvalue weighted by molar-refractivity contribution is -0.138. The Bertz CT molecular complexity index is 433. The van der Waals surface area contributed by atoms with Gasteiger partial charge in [-0.2, -0.15) is 13.2 Å². The van der Waals surface area contributed by atoms with Gasteiger partial charge in [0, 0.05) is 12.2 Å². The molecule has 1 aromatic carbocycles. The van der Waals surface area contributed by atoms with Crippen LogP contribution in [-0.4, -0.2) is 24.3 Å². The highest BCUT2D eigenvalue weighted by atomic mass is 19.4. The summed E-state index contributed by atoms with van der Waals surface area (Å²) in [6, 6.07) is 2.75. The quantitative estimate of drug-likeness (QED) is 0.781. The van der Waals surface area contributed by atoms with Gasteiger partial charge in [-0.15, -0.1) is 0 Å². The van der Waals surface area contributed by atoms with E-state index in [-0.39, 0.29) is 24.4 Å². The minimum absolute atomic E-state index is 0.0301. The second kappa shape index (κ2) is 5.72. The van der Waals surface area contributed by atoms with E-state index in [1.165, 1.54) is 19.1 Å². The zero-order chi connectivity index (χ0) is 13.8. The largest absolute Gasteiger partial charge is 0.416 e. The SMILES string of the molecule is Cc1cc(NC(=O)NCCO)ccc1C(F)(F)F. The van der Waals surface area contributed by atoms with E-state index in [4.69, 9.17) is 5.11 Å². The molecule has 0 heterocycles. The molecule has 0 unspecified atom stereocenters. The van der Waals surface area contributed by atoms with Crippen molar-refractivity contribution in [2.24, 2.45) is 0 Å². The smallest absolute Gasteiger partial charge is 0.395 e. The van der Waals surface area contributed by atoms with E-state index in [1.54, 1.807) is 0 Å². The van der Waals surface area contributed by atoms with Gasteiger partial charge in [0.15, 0.2) is 0 Å². The number of anilines is 1. The van der Waals surface area contributed by atoms with Crippen molar-refractivity contribution in [1.82, 2.24) is 5.32 Å². The molecule has 2 amide bonds. The number of aliphatic hydroxyl groups excluding tert-OH is 1. The maximum Gasteiger partial charge on any atom is 0.416 e. The number of hydrogen-bond acceptors (Lipinski definition) is 2. The summed E-state index contributed by atoms with van der Waals surface area (Å²) in [4.78, 5) is 11.2. The Hall–Kier alpha value is -1.76. The number of carbonyl (C=O) groups is 1. The molecule has 0 atom stereocenters. The molecule has 0 aliphatic carbocycles. The van der Waals surface area contributed by atoms with Crippen molar-refractivity contribution in [3.8, 4) is 0 Å². The second-order valence-electron chi connectivity index (χ2n) is 3.63. The van der Waals surface area contributed by atoms with Crippen molar-refractivity contribution >= 4 is 11.7 Å². The molecule has 1 rings (SSSR count). The van der Waals surface area contributed by atoms with Crippen LogP contribution < -0.4 is 10.6 Å². The molecular weight excluding hydrogens is 249 g/mol. The summed E-state index contributed by atoms with van der Waals surface area (Å²) in [5.74, 6) is 0. The molecule has 3 N–H and O–H groups in total. The highest BCUT2D eigenvalue weighted by Crippen LogP contribution is 2.32. The summed E-state index contributed by atoms with van der Waals surface area (Å²) in [5.41, 5.74) is -0.442. The third-order valence-electron chi connectivity index (χ3n) is 2.19. The molecule has 100 valence electrons. The zero-order valence-electron chi connectivity index (χ0n) is 9.64. The fraction of sp³-hybridized carbons (Fsp3) is 0.364. The van der Waals surface area contributed by atoms with Gasteiger partial charge >= 0.3 is 12.2 Å². The summed E-state index contributed by atoms with van der Waals surface area (Å²) in [6.07, 6.45) is -4.40. The number of benzene rings is 1. The highest BCUT2D eigenvalue weighted by Gasteiger charge is 2.32. The van der Waals surface area contributed by atoms with Gasteiger partial charge in [-0.25, -0.2) is 4.79 Å². The fourth-order valence-electron chi connectivity index (χ4n) is 1.40. The number of aryl methyl sites for hydroxylation is 1. The van der Waals surface area contributed by atoms with E-state index >= 15 is 0 Å². The van der Waals surface area contributed by atoms with Gasteiger partial charge in [0.1, 0.15) is 0 Å². The number of aliphatic hydroxyl groups is 1. The maximum absolute atomic E-state index is 12.5. The van der Waals surface area contributed by atoms with E-state index < -0.39 is 17.8 Å². The monoisotopic (exact) mass is 262 g/mol. The Kier molecular flexibility index (Phi) is 4.55. The fourth-order valence-corrected chi connectivity index (χ4v) is 1.40. The molecule has 0 aliphatic rings. The van der Waals surface area contributed by atoms with Crippen LogP contribution in [0.15, 0.2) is 18.2 Å². The van der Waals surface area contributed by atoms with Gasteiger partial charge < -0.3 is 15.7 Å². The van der Waals surface area contributed by atoms with Crippen molar-refractivity contribution in [2.75, 3.05) is 18.5 Å². The molecule has 7 heteroatoms. The summed E-state index contributed by atoms with van der Waals surface area (Å²) >= 11 is 0. The zero-order valence-corrected chi connectivity index (χ0v) is 9.64. The van der Waals surface area contributed by atoms with E-state index in [1.807, 2.05) is 0 Å². The highest BCUT2D eigenvalue weighted by molar-refractivity contribution is 5.89. The van der Waals surface area contributed by atoms with Crippen LogP contribution in [0.25, 0.3) is 0 Å². The third-order valence-corrected chi connectivity index (χ3v) is 2.19.